The van der Waals surface area contributed by atoms with E-state index in [2.05, 4.69) is 10.2 Å². The van der Waals surface area contributed by atoms with Crippen molar-refractivity contribution in [3.63, 3.8) is 0 Å². The highest BCUT2D eigenvalue weighted by Crippen LogP contribution is 2.15. The van der Waals surface area contributed by atoms with Gasteiger partial charge in [-0.15, -0.1) is 0 Å². The predicted molar refractivity (Wildman–Crippen MR) is 59.9 cm³/mol. The molecule has 82 valence electrons. The SMILES string of the molecule is CCOC(=O)Cc1cnnc2ccccc12. The Balaban J connectivity index is 2.33. The van der Waals surface area contributed by atoms with Gasteiger partial charge in [-0.2, -0.15) is 10.2 Å². The molecule has 4 heteroatoms. The zero-order chi connectivity index (χ0) is 11.4. The molecule has 4 nitrogen and oxygen atoms in total. The van der Waals surface area contributed by atoms with Crippen molar-refractivity contribution in [2.45, 2.75) is 13.3 Å². The maximum atomic E-state index is 11.4. The van der Waals surface area contributed by atoms with Gasteiger partial charge in [0.05, 0.1) is 24.7 Å². The van der Waals surface area contributed by atoms with Crippen LogP contribution < -0.4 is 0 Å². The van der Waals surface area contributed by atoms with E-state index in [-0.39, 0.29) is 12.4 Å². The van der Waals surface area contributed by atoms with Gasteiger partial charge in [0.25, 0.3) is 0 Å². The molecule has 1 aromatic carbocycles. The molecule has 0 fully saturated rings. The molecule has 1 heterocycles. The maximum Gasteiger partial charge on any atom is 0.310 e. The summed E-state index contributed by atoms with van der Waals surface area (Å²) in [6.07, 6.45) is 1.85. The lowest BCUT2D eigenvalue weighted by molar-refractivity contribution is -0.142. The summed E-state index contributed by atoms with van der Waals surface area (Å²) in [6, 6.07) is 7.61. The van der Waals surface area contributed by atoms with Crippen LogP contribution in [0.15, 0.2) is 30.5 Å². The van der Waals surface area contributed by atoms with Crippen molar-refractivity contribution in [3.05, 3.63) is 36.0 Å². The van der Waals surface area contributed by atoms with Crippen LogP contribution in [-0.2, 0) is 16.0 Å². The molecule has 0 saturated heterocycles. The Morgan fingerprint density at radius 1 is 1.38 bits per heavy atom. The molecule has 1 aromatic heterocycles. The van der Waals surface area contributed by atoms with Crippen LogP contribution in [0.3, 0.4) is 0 Å². The van der Waals surface area contributed by atoms with Crippen molar-refractivity contribution in [1.82, 2.24) is 10.2 Å². The van der Waals surface area contributed by atoms with Gasteiger partial charge in [-0.25, -0.2) is 0 Å². The number of hydrogen-bond acceptors (Lipinski definition) is 4. The lowest BCUT2D eigenvalue weighted by Gasteiger charge is -2.04. The number of hydrogen-bond donors (Lipinski definition) is 0. The topological polar surface area (TPSA) is 52.1 Å². The molecular weight excluding hydrogens is 204 g/mol. The summed E-state index contributed by atoms with van der Waals surface area (Å²) in [4.78, 5) is 11.4. The number of aromatic nitrogens is 2. The van der Waals surface area contributed by atoms with Crippen LogP contribution in [0.4, 0.5) is 0 Å². The molecule has 0 N–H and O–H groups in total. The van der Waals surface area contributed by atoms with Crippen molar-refractivity contribution in [1.29, 1.82) is 0 Å². The molecule has 2 rings (SSSR count). The minimum atomic E-state index is -0.236. The molecular formula is C12H12N2O2. The van der Waals surface area contributed by atoms with Gasteiger partial charge in [0.15, 0.2) is 0 Å². The van der Waals surface area contributed by atoms with Gasteiger partial charge >= 0.3 is 5.97 Å². The van der Waals surface area contributed by atoms with E-state index in [4.69, 9.17) is 4.74 Å². The number of ether oxygens (including phenoxy) is 1. The minimum absolute atomic E-state index is 0.236. The summed E-state index contributed by atoms with van der Waals surface area (Å²) >= 11 is 0. The van der Waals surface area contributed by atoms with E-state index in [1.165, 1.54) is 0 Å². The first-order chi connectivity index (χ1) is 7.81. The van der Waals surface area contributed by atoms with Crippen LogP contribution in [0.5, 0.6) is 0 Å². The molecule has 2 aromatic rings. The van der Waals surface area contributed by atoms with Gasteiger partial charge < -0.3 is 4.74 Å². The highest BCUT2D eigenvalue weighted by atomic mass is 16.5. The molecule has 0 amide bonds. The Labute approximate surface area is 93.3 Å². The summed E-state index contributed by atoms with van der Waals surface area (Å²) in [6.45, 7) is 2.19. The van der Waals surface area contributed by atoms with E-state index in [9.17, 15) is 4.79 Å². The van der Waals surface area contributed by atoms with Crippen LogP contribution in [0, 0.1) is 0 Å². The Morgan fingerprint density at radius 2 is 2.19 bits per heavy atom. The first-order valence-electron chi connectivity index (χ1n) is 5.16. The first kappa shape index (κ1) is 10.5. The second-order valence-electron chi connectivity index (χ2n) is 3.37. The highest BCUT2D eigenvalue weighted by Gasteiger charge is 2.08. The van der Waals surface area contributed by atoms with Crippen LogP contribution >= 0.6 is 0 Å². The zero-order valence-electron chi connectivity index (χ0n) is 9.01. The van der Waals surface area contributed by atoms with Gasteiger partial charge in [0.1, 0.15) is 0 Å². The largest absolute Gasteiger partial charge is 0.466 e. The number of nitrogens with zero attached hydrogens (tertiary/aromatic N) is 2. The Morgan fingerprint density at radius 3 is 3.00 bits per heavy atom. The third-order valence-electron chi connectivity index (χ3n) is 2.27. The van der Waals surface area contributed by atoms with E-state index in [1.54, 1.807) is 13.1 Å². The smallest absolute Gasteiger partial charge is 0.310 e. The highest BCUT2D eigenvalue weighted by molar-refractivity contribution is 5.85. The number of fused-ring (bicyclic) bond motifs is 1. The van der Waals surface area contributed by atoms with Crippen molar-refractivity contribution in [2.75, 3.05) is 6.61 Å². The third-order valence-corrected chi connectivity index (χ3v) is 2.27. The number of carbonyl (C=O) groups is 1. The third kappa shape index (κ3) is 2.16. The molecule has 0 aliphatic carbocycles. The lowest BCUT2D eigenvalue weighted by Crippen LogP contribution is -2.08. The molecule has 0 aliphatic heterocycles. The molecule has 0 radical (unpaired) electrons. The fourth-order valence-corrected chi connectivity index (χ4v) is 1.57. The lowest BCUT2D eigenvalue weighted by atomic mass is 10.1. The number of benzene rings is 1. The monoisotopic (exact) mass is 216 g/mol. The van der Waals surface area contributed by atoms with Crippen molar-refractivity contribution < 1.29 is 9.53 Å². The van der Waals surface area contributed by atoms with Gasteiger partial charge in [-0.05, 0) is 18.6 Å². The fourth-order valence-electron chi connectivity index (χ4n) is 1.57. The van der Waals surface area contributed by atoms with Crippen LogP contribution in [-0.4, -0.2) is 22.8 Å². The summed E-state index contributed by atoms with van der Waals surface area (Å²) in [5, 5.41) is 8.81. The number of esters is 1. The molecule has 16 heavy (non-hydrogen) atoms. The average molecular weight is 216 g/mol. The minimum Gasteiger partial charge on any atom is -0.466 e. The molecule has 0 bridgehead atoms. The second kappa shape index (κ2) is 4.70. The summed E-state index contributed by atoms with van der Waals surface area (Å²) in [7, 11) is 0. The summed E-state index contributed by atoms with van der Waals surface area (Å²) < 4.78 is 4.91. The van der Waals surface area contributed by atoms with E-state index >= 15 is 0 Å². The maximum absolute atomic E-state index is 11.4. The van der Waals surface area contributed by atoms with Crippen LogP contribution in [0.1, 0.15) is 12.5 Å². The molecule has 0 spiro atoms. The Hall–Kier alpha value is -1.97. The molecule has 0 atom stereocenters. The van der Waals surface area contributed by atoms with E-state index in [0.29, 0.717) is 6.61 Å². The Bertz CT molecular complexity index is 506. The summed E-state index contributed by atoms with van der Waals surface area (Å²) in [5.41, 5.74) is 1.65. The standard InChI is InChI=1S/C12H12N2O2/c1-2-16-12(15)7-9-8-13-14-11-6-4-3-5-10(9)11/h3-6,8H,2,7H2,1H3. The molecule has 0 aliphatic rings. The number of rotatable bonds is 3. The summed E-state index contributed by atoms with van der Waals surface area (Å²) in [5.74, 6) is -0.236. The predicted octanol–water partition coefficient (Wildman–Crippen LogP) is 1.74. The van der Waals surface area contributed by atoms with Crippen LogP contribution in [0.2, 0.25) is 0 Å². The van der Waals surface area contributed by atoms with Gasteiger partial charge in [-0.1, -0.05) is 18.2 Å². The van der Waals surface area contributed by atoms with Crippen molar-refractivity contribution >= 4 is 16.9 Å². The van der Waals surface area contributed by atoms with E-state index < -0.39 is 0 Å². The van der Waals surface area contributed by atoms with Crippen molar-refractivity contribution in [2.24, 2.45) is 0 Å². The molecule has 0 saturated carbocycles. The fraction of sp³-hybridized carbons (Fsp3) is 0.250. The number of carbonyl (C=O) groups excluding carboxylic acids is 1. The normalized spacial score (nSPS) is 10.3. The first-order valence-corrected chi connectivity index (χ1v) is 5.16. The van der Waals surface area contributed by atoms with Gasteiger partial charge in [-0.3, -0.25) is 4.79 Å². The van der Waals surface area contributed by atoms with Gasteiger partial charge in [0.2, 0.25) is 0 Å². The van der Waals surface area contributed by atoms with Crippen LogP contribution in [0.25, 0.3) is 10.9 Å². The van der Waals surface area contributed by atoms with E-state index in [1.807, 2.05) is 24.3 Å². The average Bonchev–Trinajstić information content (AvgIpc) is 2.30. The molecule has 0 unspecified atom stereocenters. The Kier molecular flexibility index (Phi) is 3.10. The quantitative estimate of drug-likeness (QED) is 0.733. The van der Waals surface area contributed by atoms with Gasteiger partial charge in [0, 0.05) is 5.39 Å². The van der Waals surface area contributed by atoms with Crippen molar-refractivity contribution in [3.8, 4) is 0 Å². The second-order valence-corrected chi connectivity index (χ2v) is 3.37. The van der Waals surface area contributed by atoms with E-state index in [0.717, 1.165) is 16.5 Å². The zero-order valence-corrected chi connectivity index (χ0v) is 9.01.